The molecule has 0 aliphatic carbocycles. The second-order valence-corrected chi connectivity index (χ2v) is 6.99. The van der Waals surface area contributed by atoms with Gasteiger partial charge in [-0.2, -0.15) is 5.26 Å². The van der Waals surface area contributed by atoms with E-state index >= 15 is 0 Å². The van der Waals surface area contributed by atoms with Crippen molar-refractivity contribution >= 4 is 0 Å². The van der Waals surface area contributed by atoms with Crippen LogP contribution in [-0.4, -0.2) is 35.7 Å². The van der Waals surface area contributed by atoms with Crippen molar-refractivity contribution in [3.05, 3.63) is 59.5 Å². The molecule has 3 rings (SSSR count). The molecule has 1 aliphatic rings. The van der Waals surface area contributed by atoms with Crippen LogP contribution in [0.25, 0.3) is 0 Å². The minimum absolute atomic E-state index is 0.415. The lowest BCUT2D eigenvalue weighted by Crippen LogP contribution is -2.46. The van der Waals surface area contributed by atoms with Gasteiger partial charge in [0.15, 0.2) is 0 Å². The molecule has 0 bridgehead atoms. The van der Waals surface area contributed by atoms with E-state index in [4.69, 9.17) is 9.68 Å². The third-order valence-electron chi connectivity index (χ3n) is 4.86. The van der Waals surface area contributed by atoms with Crippen LogP contribution < -0.4 is 5.32 Å². The van der Waals surface area contributed by atoms with Gasteiger partial charge in [-0.15, -0.1) is 0 Å². The SMILES string of the molecule is CC(O)(CNC1CCN(Cc2ccc(C#N)cc2)CC1)c1ccco1. The lowest BCUT2D eigenvalue weighted by atomic mass is 10.00. The molecule has 0 saturated carbocycles. The van der Waals surface area contributed by atoms with Crippen LogP contribution in [0.1, 0.15) is 36.7 Å². The number of furan rings is 1. The Kier molecular flexibility index (Phi) is 5.54. The number of benzene rings is 1. The number of hydrogen-bond donors (Lipinski definition) is 2. The minimum Gasteiger partial charge on any atom is -0.466 e. The first-order chi connectivity index (χ1) is 12.1. The summed E-state index contributed by atoms with van der Waals surface area (Å²) in [5.41, 5.74) is 0.963. The summed E-state index contributed by atoms with van der Waals surface area (Å²) in [5, 5.41) is 22.8. The number of nitriles is 1. The zero-order valence-electron chi connectivity index (χ0n) is 14.6. The Bertz CT molecular complexity index is 694. The van der Waals surface area contributed by atoms with Crippen LogP contribution in [0.4, 0.5) is 0 Å². The first-order valence-electron chi connectivity index (χ1n) is 8.78. The van der Waals surface area contributed by atoms with E-state index in [9.17, 15) is 5.11 Å². The Hall–Kier alpha value is -2.13. The molecular formula is C20H25N3O2. The van der Waals surface area contributed by atoms with Gasteiger partial charge in [-0.3, -0.25) is 4.90 Å². The molecule has 5 nitrogen and oxygen atoms in total. The maximum Gasteiger partial charge on any atom is 0.136 e. The molecule has 1 aliphatic heterocycles. The van der Waals surface area contributed by atoms with Crippen LogP contribution in [0.3, 0.4) is 0 Å². The average molecular weight is 339 g/mol. The van der Waals surface area contributed by atoms with Crippen molar-refractivity contribution in [2.24, 2.45) is 0 Å². The largest absolute Gasteiger partial charge is 0.466 e. The summed E-state index contributed by atoms with van der Waals surface area (Å²) in [7, 11) is 0. The molecule has 0 spiro atoms. The van der Waals surface area contributed by atoms with E-state index in [2.05, 4.69) is 16.3 Å². The molecule has 1 fully saturated rings. The highest BCUT2D eigenvalue weighted by Gasteiger charge is 2.28. The van der Waals surface area contributed by atoms with Crippen molar-refractivity contribution in [2.45, 2.75) is 38.0 Å². The number of nitrogens with zero attached hydrogens (tertiary/aromatic N) is 2. The van der Waals surface area contributed by atoms with Crippen molar-refractivity contribution in [1.29, 1.82) is 5.26 Å². The number of aliphatic hydroxyl groups is 1. The fourth-order valence-electron chi connectivity index (χ4n) is 3.25. The van der Waals surface area contributed by atoms with Gasteiger partial charge in [0.1, 0.15) is 11.4 Å². The molecule has 2 heterocycles. The molecule has 1 atom stereocenters. The van der Waals surface area contributed by atoms with Crippen LogP contribution in [0.2, 0.25) is 0 Å². The number of piperidine rings is 1. The second-order valence-electron chi connectivity index (χ2n) is 6.99. The Balaban J connectivity index is 1.43. The molecule has 1 aromatic heterocycles. The van der Waals surface area contributed by atoms with Gasteiger partial charge in [0.25, 0.3) is 0 Å². The molecule has 1 unspecified atom stereocenters. The standard InChI is InChI=1S/C20H25N3O2/c1-20(24,19-3-2-12-25-19)15-22-18-8-10-23(11-9-18)14-17-6-4-16(13-21)5-7-17/h2-7,12,18,22,24H,8-11,14-15H2,1H3. The van der Waals surface area contributed by atoms with E-state index in [1.807, 2.05) is 30.3 Å². The summed E-state index contributed by atoms with van der Waals surface area (Å²) in [4.78, 5) is 2.43. The van der Waals surface area contributed by atoms with Crippen LogP contribution in [0, 0.1) is 11.3 Å². The zero-order chi connectivity index (χ0) is 17.7. The van der Waals surface area contributed by atoms with Crippen molar-refractivity contribution < 1.29 is 9.52 Å². The van der Waals surface area contributed by atoms with Gasteiger partial charge in [0.05, 0.1) is 17.9 Å². The summed E-state index contributed by atoms with van der Waals surface area (Å²) < 4.78 is 5.32. The number of hydrogen-bond acceptors (Lipinski definition) is 5. The molecule has 2 aromatic rings. The third kappa shape index (κ3) is 4.70. The second kappa shape index (κ2) is 7.83. The van der Waals surface area contributed by atoms with Crippen LogP contribution in [-0.2, 0) is 12.1 Å². The summed E-state index contributed by atoms with van der Waals surface area (Å²) in [5.74, 6) is 0.596. The highest BCUT2D eigenvalue weighted by molar-refractivity contribution is 5.31. The molecule has 5 heteroatoms. The van der Waals surface area contributed by atoms with E-state index in [1.54, 1.807) is 19.3 Å². The van der Waals surface area contributed by atoms with Crippen molar-refractivity contribution in [3.63, 3.8) is 0 Å². The fourth-order valence-corrected chi connectivity index (χ4v) is 3.25. The molecule has 1 saturated heterocycles. The predicted octanol–water partition coefficient (Wildman–Crippen LogP) is 2.61. The van der Waals surface area contributed by atoms with Crippen molar-refractivity contribution in [2.75, 3.05) is 19.6 Å². The molecular weight excluding hydrogens is 314 g/mol. The normalized spacial score (nSPS) is 18.6. The number of rotatable bonds is 6. The van der Waals surface area contributed by atoms with Gasteiger partial charge in [-0.25, -0.2) is 0 Å². The first kappa shape index (κ1) is 17.7. The monoisotopic (exact) mass is 339 g/mol. The Morgan fingerprint density at radius 3 is 2.60 bits per heavy atom. The summed E-state index contributed by atoms with van der Waals surface area (Å²) in [6, 6.07) is 14.0. The predicted molar refractivity (Wildman–Crippen MR) is 95.7 cm³/mol. The topological polar surface area (TPSA) is 72.4 Å². The van der Waals surface area contributed by atoms with Gasteiger partial charge in [0.2, 0.25) is 0 Å². The maximum absolute atomic E-state index is 10.5. The highest BCUT2D eigenvalue weighted by Crippen LogP contribution is 2.21. The molecule has 0 radical (unpaired) electrons. The van der Waals surface area contributed by atoms with Crippen LogP contribution >= 0.6 is 0 Å². The summed E-state index contributed by atoms with van der Waals surface area (Å²) in [6.45, 7) is 5.24. The van der Waals surface area contributed by atoms with E-state index < -0.39 is 5.60 Å². The van der Waals surface area contributed by atoms with Crippen molar-refractivity contribution in [1.82, 2.24) is 10.2 Å². The van der Waals surface area contributed by atoms with Crippen LogP contribution in [0.5, 0.6) is 0 Å². The molecule has 1 aromatic carbocycles. The quantitative estimate of drug-likeness (QED) is 0.846. The maximum atomic E-state index is 10.5. The Labute approximate surface area is 148 Å². The van der Waals surface area contributed by atoms with Gasteiger partial charge in [-0.1, -0.05) is 12.1 Å². The van der Waals surface area contributed by atoms with Crippen LogP contribution in [0.15, 0.2) is 47.1 Å². The Morgan fingerprint density at radius 2 is 2.00 bits per heavy atom. The van der Waals surface area contributed by atoms with E-state index in [0.717, 1.165) is 32.5 Å². The van der Waals surface area contributed by atoms with Gasteiger partial charge in [0, 0.05) is 19.1 Å². The van der Waals surface area contributed by atoms with Gasteiger partial charge >= 0.3 is 0 Å². The third-order valence-corrected chi connectivity index (χ3v) is 4.86. The number of nitrogens with one attached hydrogen (secondary N) is 1. The van der Waals surface area contributed by atoms with E-state index in [0.29, 0.717) is 23.9 Å². The van der Waals surface area contributed by atoms with Gasteiger partial charge in [-0.05, 0) is 62.7 Å². The molecule has 132 valence electrons. The fraction of sp³-hybridized carbons (Fsp3) is 0.450. The van der Waals surface area contributed by atoms with E-state index in [1.165, 1.54) is 5.56 Å². The van der Waals surface area contributed by atoms with Crippen molar-refractivity contribution in [3.8, 4) is 6.07 Å². The first-order valence-corrected chi connectivity index (χ1v) is 8.78. The Morgan fingerprint density at radius 1 is 1.28 bits per heavy atom. The lowest BCUT2D eigenvalue weighted by Gasteiger charge is -2.34. The highest BCUT2D eigenvalue weighted by atomic mass is 16.4. The van der Waals surface area contributed by atoms with Gasteiger partial charge < -0.3 is 14.8 Å². The molecule has 25 heavy (non-hydrogen) atoms. The molecule has 0 amide bonds. The molecule has 2 N–H and O–H groups in total. The smallest absolute Gasteiger partial charge is 0.136 e. The average Bonchev–Trinajstić information content (AvgIpc) is 3.18. The van der Waals surface area contributed by atoms with E-state index in [-0.39, 0.29) is 0 Å². The zero-order valence-corrected chi connectivity index (χ0v) is 14.6. The summed E-state index contributed by atoms with van der Waals surface area (Å²) in [6.07, 6.45) is 3.71. The minimum atomic E-state index is -0.983. The number of likely N-dealkylation sites (tertiary alicyclic amines) is 1. The summed E-state index contributed by atoms with van der Waals surface area (Å²) >= 11 is 0. The lowest BCUT2D eigenvalue weighted by molar-refractivity contribution is 0.0287.